The second-order valence-corrected chi connectivity index (χ2v) is 7.81. The molecule has 0 amide bonds. The summed E-state index contributed by atoms with van der Waals surface area (Å²) in [4.78, 5) is 36.1. The van der Waals surface area contributed by atoms with E-state index >= 15 is 0 Å². The standard InChI is InChI=1S/C26H18O6/c1-14-11-20-24(19(13-21(27)31-20)15-5-3-2-4-6-15)25-23(14)18(12-22(28)32-25)16-7-9-17(10-8-16)26(29)30/h2-11,13,18H,12H2,1H3,(H,29,30)/t18-/m1/s1. The van der Waals surface area contributed by atoms with Crippen molar-refractivity contribution in [3.8, 4) is 16.9 Å². The van der Waals surface area contributed by atoms with Crippen molar-refractivity contribution in [3.63, 3.8) is 0 Å². The molecule has 0 radical (unpaired) electrons. The van der Waals surface area contributed by atoms with Crippen LogP contribution in [0, 0.1) is 6.92 Å². The van der Waals surface area contributed by atoms with E-state index in [0.29, 0.717) is 22.3 Å². The molecule has 5 rings (SSSR count). The number of ether oxygens (including phenoxy) is 1. The number of aromatic carboxylic acids is 1. The summed E-state index contributed by atoms with van der Waals surface area (Å²) in [6.07, 6.45) is 0.128. The van der Waals surface area contributed by atoms with Crippen molar-refractivity contribution in [2.45, 2.75) is 19.3 Å². The van der Waals surface area contributed by atoms with E-state index in [1.807, 2.05) is 37.3 Å². The van der Waals surface area contributed by atoms with E-state index in [-0.39, 0.29) is 17.9 Å². The lowest BCUT2D eigenvalue weighted by Crippen LogP contribution is -2.22. The van der Waals surface area contributed by atoms with Crippen molar-refractivity contribution in [2.75, 3.05) is 0 Å². The summed E-state index contributed by atoms with van der Waals surface area (Å²) in [6, 6.07) is 19.1. The predicted octanol–water partition coefficient (Wildman–Crippen LogP) is 4.91. The summed E-state index contributed by atoms with van der Waals surface area (Å²) in [7, 11) is 0. The fourth-order valence-electron chi connectivity index (χ4n) is 4.39. The SMILES string of the molecule is Cc1cc2oc(=O)cc(-c3ccccc3)c2c2c1[C@@H](c1ccc(C(=O)O)cc1)CC(=O)O2. The fourth-order valence-corrected chi connectivity index (χ4v) is 4.39. The summed E-state index contributed by atoms with van der Waals surface area (Å²) in [5.74, 6) is -1.34. The monoisotopic (exact) mass is 426 g/mol. The van der Waals surface area contributed by atoms with Gasteiger partial charge in [0.2, 0.25) is 0 Å². The van der Waals surface area contributed by atoms with Gasteiger partial charge in [-0.05, 0) is 41.8 Å². The van der Waals surface area contributed by atoms with Gasteiger partial charge >= 0.3 is 17.6 Å². The highest BCUT2D eigenvalue weighted by Crippen LogP contribution is 2.47. The molecular weight excluding hydrogens is 408 g/mol. The molecule has 1 aromatic heterocycles. The molecule has 158 valence electrons. The van der Waals surface area contributed by atoms with Crippen LogP contribution in [0.4, 0.5) is 0 Å². The molecule has 0 spiro atoms. The van der Waals surface area contributed by atoms with E-state index in [0.717, 1.165) is 22.3 Å². The molecule has 1 aliphatic rings. The Morgan fingerprint density at radius 3 is 2.41 bits per heavy atom. The van der Waals surface area contributed by atoms with Crippen molar-refractivity contribution >= 4 is 22.9 Å². The van der Waals surface area contributed by atoms with Gasteiger partial charge in [0, 0.05) is 23.1 Å². The van der Waals surface area contributed by atoms with Crippen molar-refractivity contribution < 1.29 is 23.8 Å². The number of carbonyl (C=O) groups is 2. The number of carbonyl (C=O) groups excluding carboxylic acids is 1. The van der Waals surface area contributed by atoms with E-state index in [1.54, 1.807) is 18.2 Å². The van der Waals surface area contributed by atoms with Gasteiger partial charge in [0.05, 0.1) is 17.4 Å². The number of esters is 1. The van der Waals surface area contributed by atoms with Crippen LogP contribution in [-0.4, -0.2) is 17.0 Å². The lowest BCUT2D eigenvalue weighted by Gasteiger charge is -2.28. The van der Waals surface area contributed by atoms with Gasteiger partial charge in [0.1, 0.15) is 11.3 Å². The Bertz CT molecular complexity index is 1430. The maximum atomic E-state index is 12.6. The number of benzene rings is 3. The number of hydrogen-bond donors (Lipinski definition) is 1. The van der Waals surface area contributed by atoms with Gasteiger partial charge in [-0.2, -0.15) is 0 Å². The van der Waals surface area contributed by atoms with Gasteiger partial charge in [-0.15, -0.1) is 0 Å². The van der Waals surface area contributed by atoms with Crippen LogP contribution in [0.2, 0.25) is 0 Å². The lowest BCUT2D eigenvalue weighted by molar-refractivity contribution is -0.135. The Morgan fingerprint density at radius 2 is 1.72 bits per heavy atom. The first-order valence-electron chi connectivity index (χ1n) is 10.1. The molecule has 1 atom stereocenters. The minimum Gasteiger partial charge on any atom is -0.478 e. The van der Waals surface area contributed by atoms with Gasteiger partial charge in [-0.3, -0.25) is 4.79 Å². The molecule has 0 saturated heterocycles. The highest BCUT2D eigenvalue weighted by atomic mass is 16.5. The molecule has 1 aliphatic heterocycles. The molecule has 0 fully saturated rings. The highest BCUT2D eigenvalue weighted by molar-refractivity contribution is 6.01. The van der Waals surface area contributed by atoms with Gasteiger partial charge in [0.15, 0.2) is 0 Å². The third-order valence-electron chi connectivity index (χ3n) is 5.81. The van der Waals surface area contributed by atoms with Crippen LogP contribution in [0.3, 0.4) is 0 Å². The van der Waals surface area contributed by atoms with Crippen LogP contribution in [0.1, 0.15) is 39.4 Å². The predicted molar refractivity (Wildman–Crippen MR) is 118 cm³/mol. The number of carboxylic acid groups (broad SMARTS) is 1. The molecule has 0 saturated carbocycles. The molecule has 4 aromatic rings. The van der Waals surface area contributed by atoms with Gasteiger partial charge in [0.25, 0.3) is 0 Å². The largest absolute Gasteiger partial charge is 0.478 e. The van der Waals surface area contributed by atoms with E-state index in [1.165, 1.54) is 18.2 Å². The molecule has 2 heterocycles. The van der Waals surface area contributed by atoms with Crippen LogP contribution in [0.15, 0.2) is 75.9 Å². The number of fused-ring (bicyclic) bond motifs is 3. The molecule has 6 heteroatoms. The molecule has 0 bridgehead atoms. The number of carboxylic acids is 1. The van der Waals surface area contributed by atoms with Gasteiger partial charge < -0.3 is 14.3 Å². The minimum atomic E-state index is -1.01. The Balaban J connectivity index is 1.79. The smallest absolute Gasteiger partial charge is 0.336 e. The summed E-state index contributed by atoms with van der Waals surface area (Å²) >= 11 is 0. The molecule has 6 nitrogen and oxygen atoms in total. The van der Waals surface area contributed by atoms with Crippen LogP contribution in [0.25, 0.3) is 22.1 Å². The van der Waals surface area contributed by atoms with Crippen molar-refractivity contribution in [3.05, 3.63) is 99.4 Å². The van der Waals surface area contributed by atoms with Crippen molar-refractivity contribution in [2.24, 2.45) is 0 Å². The Morgan fingerprint density at radius 1 is 1.00 bits per heavy atom. The topological polar surface area (TPSA) is 93.8 Å². The number of hydrogen-bond acceptors (Lipinski definition) is 5. The quantitative estimate of drug-likeness (QED) is 0.284. The summed E-state index contributed by atoms with van der Waals surface area (Å²) in [5.41, 5.74) is 3.93. The van der Waals surface area contributed by atoms with Crippen LogP contribution in [0.5, 0.6) is 5.75 Å². The van der Waals surface area contributed by atoms with Crippen molar-refractivity contribution in [1.82, 2.24) is 0 Å². The number of aryl methyl sites for hydroxylation is 1. The molecule has 0 unspecified atom stereocenters. The zero-order valence-electron chi connectivity index (χ0n) is 17.1. The molecule has 0 aliphatic carbocycles. The zero-order chi connectivity index (χ0) is 22.4. The first kappa shape index (κ1) is 19.8. The Labute approximate surface area is 182 Å². The third kappa shape index (κ3) is 3.26. The lowest BCUT2D eigenvalue weighted by atomic mass is 9.82. The highest BCUT2D eigenvalue weighted by Gasteiger charge is 2.33. The number of rotatable bonds is 3. The van der Waals surface area contributed by atoms with Gasteiger partial charge in [-0.25, -0.2) is 9.59 Å². The van der Waals surface area contributed by atoms with Crippen molar-refractivity contribution in [1.29, 1.82) is 0 Å². The summed E-state index contributed by atoms with van der Waals surface area (Å²) in [6.45, 7) is 1.88. The van der Waals surface area contributed by atoms with E-state index in [4.69, 9.17) is 9.15 Å². The zero-order valence-corrected chi connectivity index (χ0v) is 17.1. The summed E-state index contributed by atoms with van der Waals surface area (Å²) < 4.78 is 11.2. The Hall–Kier alpha value is -4.19. The average molecular weight is 426 g/mol. The van der Waals surface area contributed by atoms with Crippen LogP contribution in [-0.2, 0) is 4.79 Å². The van der Waals surface area contributed by atoms with Crippen LogP contribution < -0.4 is 10.4 Å². The maximum absolute atomic E-state index is 12.6. The summed E-state index contributed by atoms with van der Waals surface area (Å²) in [5, 5.41) is 9.77. The Kier molecular flexibility index (Phi) is 4.63. The molecule has 3 aromatic carbocycles. The van der Waals surface area contributed by atoms with Gasteiger partial charge in [-0.1, -0.05) is 42.5 Å². The normalized spacial score (nSPS) is 15.3. The van der Waals surface area contributed by atoms with E-state index in [2.05, 4.69) is 0 Å². The van der Waals surface area contributed by atoms with E-state index < -0.39 is 17.6 Å². The molecule has 1 N–H and O–H groups in total. The molecular formula is C26H18O6. The first-order valence-corrected chi connectivity index (χ1v) is 10.1. The molecule has 32 heavy (non-hydrogen) atoms. The first-order chi connectivity index (χ1) is 15.4. The fraction of sp³-hybridized carbons (Fsp3) is 0.115. The van der Waals surface area contributed by atoms with E-state index in [9.17, 15) is 19.5 Å². The third-order valence-corrected chi connectivity index (χ3v) is 5.81. The maximum Gasteiger partial charge on any atom is 0.336 e. The minimum absolute atomic E-state index is 0.128. The van der Waals surface area contributed by atoms with Crippen LogP contribution >= 0.6 is 0 Å². The second-order valence-electron chi connectivity index (χ2n) is 7.81. The second kappa shape index (κ2) is 7.50. The average Bonchev–Trinajstić information content (AvgIpc) is 2.78.